The zero-order valence-electron chi connectivity index (χ0n) is 12.9. The number of benzene rings is 1. The summed E-state index contributed by atoms with van der Waals surface area (Å²) < 4.78 is 5.26. The number of hydrogen-bond donors (Lipinski definition) is 1. The number of aromatic nitrogens is 1. The van der Waals surface area contributed by atoms with E-state index in [1.54, 1.807) is 37.2 Å². The van der Waals surface area contributed by atoms with Crippen molar-refractivity contribution in [3.05, 3.63) is 53.2 Å². The summed E-state index contributed by atoms with van der Waals surface area (Å²) in [5, 5.41) is 10.0. The minimum atomic E-state index is -0.894. The molecule has 0 aliphatic carbocycles. The van der Waals surface area contributed by atoms with E-state index in [0.717, 1.165) is 41.7 Å². The molecule has 6 heteroatoms. The van der Waals surface area contributed by atoms with E-state index in [9.17, 15) is 4.79 Å². The van der Waals surface area contributed by atoms with Gasteiger partial charge in [0, 0.05) is 31.0 Å². The molecule has 0 saturated heterocycles. The van der Waals surface area contributed by atoms with Gasteiger partial charge in [0.1, 0.15) is 10.8 Å². The highest BCUT2D eigenvalue weighted by atomic mass is 32.2. The number of thioether (sulfide) groups is 1. The quantitative estimate of drug-likeness (QED) is 0.930. The van der Waals surface area contributed by atoms with E-state index in [1.165, 1.54) is 5.56 Å². The average Bonchev–Trinajstić information content (AvgIpc) is 2.76. The highest BCUT2D eigenvalue weighted by Gasteiger charge is 2.17. The Hall–Kier alpha value is -2.05. The third kappa shape index (κ3) is 3.83. The van der Waals surface area contributed by atoms with Crippen LogP contribution in [0.5, 0.6) is 5.75 Å². The van der Waals surface area contributed by atoms with Crippen molar-refractivity contribution in [3.63, 3.8) is 0 Å². The number of fused-ring (bicyclic) bond motifs is 1. The Morgan fingerprint density at radius 1 is 1.39 bits per heavy atom. The van der Waals surface area contributed by atoms with Crippen LogP contribution in [0.1, 0.15) is 21.5 Å². The van der Waals surface area contributed by atoms with E-state index in [0.29, 0.717) is 5.56 Å². The summed E-state index contributed by atoms with van der Waals surface area (Å²) in [6, 6.07) is 9.12. The lowest BCUT2D eigenvalue weighted by Gasteiger charge is -2.20. The van der Waals surface area contributed by atoms with Gasteiger partial charge in [-0.1, -0.05) is 12.1 Å². The van der Waals surface area contributed by atoms with E-state index in [2.05, 4.69) is 9.88 Å². The SMILES string of the molecule is COc1cnc2c(c1)CN(Cc1ccc(C(=O)O)cc1)CCS2. The molecule has 0 atom stereocenters. The average molecular weight is 330 g/mol. The Balaban J connectivity index is 1.74. The fourth-order valence-corrected chi connectivity index (χ4v) is 3.55. The molecule has 0 unspecified atom stereocenters. The smallest absolute Gasteiger partial charge is 0.335 e. The first kappa shape index (κ1) is 15.8. The van der Waals surface area contributed by atoms with Crippen LogP contribution in [-0.4, -0.2) is 40.4 Å². The summed E-state index contributed by atoms with van der Waals surface area (Å²) in [5.41, 5.74) is 2.60. The van der Waals surface area contributed by atoms with Crippen molar-refractivity contribution in [3.8, 4) is 5.75 Å². The minimum absolute atomic E-state index is 0.319. The van der Waals surface area contributed by atoms with Crippen LogP contribution in [0.2, 0.25) is 0 Å². The molecule has 2 aromatic rings. The molecule has 1 N–H and O–H groups in total. The van der Waals surface area contributed by atoms with Crippen LogP contribution in [0.15, 0.2) is 41.6 Å². The highest BCUT2D eigenvalue weighted by Crippen LogP contribution is 2.28. The summed E-state index contributed by atoms with van der Waals surface area (Å²) in [5.74, 6) is 0.867. The van der Waals surface area contributed by atoms with Crippen molar-refractivity contribution in [1.82, 2.24) is 9.88 Å². The molecule has 3 rings (SSSR count). The first-order valence-corrected chi connectivity index (χ1v) is 8.34. The number of carbonyl (C=O) groups is 1. The van der Waals surface area contributed by atoms with Crippen LogP contribution in [0, 0.1) is 0 Å². The second kappa shape index (κ2) is 7.02. The molecule has 23 heavy (non-hydrogen) atoms. The van der Waals surface area contributed by atoms with Crippen molar-refractivity contribution in [2.24, 2.45) is 0 Å². The second-order valence-electron chi connectivity index (χ2n) is 5.40. The number of carboxylic acid groups (broad SMARTS) is 1. The van der Waals surface area contributed by atoms with E-state index in [4.69, 9.17) is 9.84 Å². The van der Waals surface area contributed by atoms with Gasteiger partial charge in [-0.15, -0.1) is 11.8 Å². The molecule has 1 aromatic heterocycles. The Labute approximate surface area is 139 Å². The predicted octanol–water partition coefficient (Wildman–Crippen LogP) is 2.90. The van der Waals surface area contributed by atoms with Gasteiger partial charge in [0.05, 0.1) is 18.9 Å². The molecule has 0 spiro atoms. The monoisotopic (exact) mass is 330 g/mol. The maximum absolute atomic E-state index is 10.9. The largest absolute Gasteiger partial charge is 0.495 e. The fourth-order valence-electron chi connectivity index (χ4n) is 2.57. The Morgan fingerprint density at radius 3 is 2.87 bits per heavy atom. The van der Waals surface area contributed by atoms with E-state index in [-0.39, 0.29) is 0 Å². The number of methoxy groups -OCH3 is 1. The molecular weight excluding hydrogens is 312 g/mol. The van der Waals surface area contributed by atoms with Gasteiger partial charge in [-0.2, -0.15) is 0 Å². The summed E-state index contributed by atoms with van der Waals surface area (Å²) in [4.78, 5) is 17.7. The molecule has 0 saturated carbocycles. The van der Waals surface area contributed by atoms with Crippen LogP contribution < -0.4 is 4.74 Å². The van der Waals surface area contributed by atoms with E-state index < -0.39 is 5.97 Å². The molecule has 120 valence electrons. The number of hydrogen-bond acceptors (Lipinski definition) is 5. The third-order valence-corrected chi connectivity index (χ3v) is 4.81. The van der Waals surface area contributed by atoms with Crippen molar-refractivity contribution in [2.45, 2.75) is 18.1 Å². The van der Waals surface area contributed by atoms with Gasteiger partial charge in [0.15, 0.2) is 0 Å². The first-order valence-electron chi connectivity index (χ1n) is 7.36. The van der Waals surface area contributed by atoms with Gasteiger partial charge in [-0.25, -0.2) is 9.78 Å². The topological polar surface area (TPSA) is 62.7 Å². The molecule has 2 heterocycles. The second-order valence-corrected chi connectivity index (χ2v) is 6.48. The number of rotatable bonds is 4. The summed E-state index contributed by atoms with van der Waals surface area (Å²) in [6.45, 7) is 2.56. The van der Waals surface area contributed by atoms with Crippen molar-refractivity contribution in [1.29, 1.82) is 0 Å². The standard InChI is InChI=1S/C17H18N2O3S/c1-22-15-8-14-11-19(6-7-23-16(14)18-9-15)10-12-2-4-13(5-3-12)17(20)21/h2-5,8-9H,6-7,10-11H2,1H3,(H,20,21). The number of nitrogens with zero attached hydrogens (tertiary/aromatic N) is 2. The lowest BCUT2D eigenvalue weighted by molar-refractivity contribution is 0.0697. The Morgan fingerprint density at radius 2 is 2.17 bits per heavy atom. The van der Waals surface area contributed by atoms with Gasteiger partial charge in [-0.3, -0.25) is 4.90 Å². The van der Waals surface area contributed by atoms with Crippen LogP contribution >= 0.6 is 11.8 Å². The summed E-state index contributed by atoms with van der Waals surface area (Å²) in [7, 11) is 1.65. The van der Waals surface area contributed by atoms with Gasteiger partial charge in [-0.05, 0) is 23.8 Å². The molecule has 0 amide bonds. The normalized spacial score (nSPS) is 14.8. The Kier molecular flexibility index (Phi) is 4.83. The fraction of sp³-hybridized carbons (Fsp3) is 0.294. The Bertz CT molecular complexity index is 703. The van der Waals surface area contributed by atoms with Gasteiger partial charge in [0.25, 0.3) is 0 Å². The predicted molar refractivity (Wildman–Crippen MR) is 89.0 cm³/mol. The highest BCUT2D eigenvalue weighted by molar-refractivity contribution is 7.99. The van der Waals surface area contributed by atoms with Crippen LogP contribution in [0.4, 0.5) is 0 Å². The first-order chi connectivity index (χ1) is 11.2. The lowest BCUT2D eigenvalue weighted by Crippen LogP contribution is -2.24. The van der Waals surface area contributed by atoms with Gasteiger partial charge < -0.3 is 9.84 Å². The lowest BCUT2D eigenvalue weighted by atomic mass is 10.1. The number of aromatic carboxylic acids is 1. The van der Waals surface area contributed by atoms with Crippen LogP contribution in [0.25, 0.3) is 0 Å². The molecule has 1 aromatic carbocycles. The maximum Gasteiger partial charge on any atom is 0.335 e. The molecule has 0 bridgehead atoms. The number of pyridine rings is 1. The summed E-state index contributed by atoms with van der Waals surface area (Å²) >= 11 is 1.76. The zero-order chi connectivity index (χ0) is 16.2. The van der Waals surface area contributed by atoms with Crippen LogP contribution in [0.3, 0.4) is 0 Å². The van der Waals surface area contributed by atoms with Crippen molar-refractivity contribution in [2.75, 3.05) is 19.4 Å². The van der Waals surface area contributed by atoms with Crippen molar-refractivity contribution < 1.29 is 14.6 Å². The molecular formula is C17H18N2O3S. The molecule has 0 radical (unpaired) electrons. The van der Waals surface area contributed by atoms with E-state index in [1.807, 2.05) is 18.2 Å². The van der Waals surface area contributed by atoms with Gasteiger partial charge in [0.2, 0.25) is 0 Å². The third-order valence-electron chi connectivity index (χ3n) is 3.78. The molecule has 1 aliphatic rings. The minimum Gasteiger partial charge on any atom is -0.495 e. The summed E-state index contributed by atoms with van der Waals surface area (Å²) in [6.07, 6.45) is 1.76. The maximum atomic E-state index is 10.9. The number of ether oxygens (including phenoxy) is 1. The molecule has 1 aliphatic heterocycles. The van der Waals surface area contributed by atoms with Crippen LogP contribution in [-0.2, 0) is 13.1 Å². The van der Waals surface area contributed by atoms with Gasteiger partial charge >= 0.3 is 5.97 Å². The molecule has 0 fully saturated rings. The number of carboxylic acids is 1. The van der Waals surface area contributed by atoms with Crippen molar-refractivity contribution >= 4 is 17.7 Å². The molecule has 5 nitrogen and oxygen atoms in total. The van der Waals surface area contributed by atoms with E-state index >= 15 is 0 Å². The zero-order valence-corrected chi connectivity index (χ0v) is 13.7.